The molecule has 1 aliphatic rings. The van der Waals surface area contributed by atoms with Crippen LogP contribution < -0.4 is 11.1 Å². The normalized spacial score (nSPS) is 15.8. The zero-order valence-electron chi connectivity index (χ0n) is 10.0. The van der Waals surface area contributed by atoms with E-state index in [0.717, 1.165) is 25.8 Å². The van der Waals surface area contributed by atoms with Crippen molar-refractivity contribution in [2.45, 2.75) is 12.8 Å². The zero-order valence-corrected chi connectivity index (χ0v) is 10.0. The molecule has 3 N–H and O–H groups in total. The lowest BCUT2D eigenvalue weighted by molar-refractivity contribution is -0.384. The van der Waals surface area contributed by atoms with Crippen molar-refractivity contribution in [1.82, 2.24) is 14.9 Å². The number of rotatable bonds is 5. The summed E-state index contributed by atoms with van der Waals surface area (Å²) in [6.07, 6.45) is 3.57. The van der Waals surface area contributed by atoms with Crippen LogP contribution in [0.25, 0.3) is 0 Å². The maximum absolute atomic E-state index is 10.8. The van der Waals surface area contributed by atoms with Gasteiger partial charge >= 0.3 is 5.69 Å². The molecule has 0 aromatic carbocycles. The van der Waals surface area contributed by atoms with Gasteiger partial charge in [-0.1, -0.05) is 0 Å². The molecule has 0 spiro atoms. The number of hydrogen-bond acceptors (Lipinski definition) is 7. The van der Waals surface area contributed by atoms with Crippen molar-refractivity contribution in [2.24, 2.45) is 0 Å². The molecule has 98 valence electrons. The van der Waals surface area contributed by atoms with Gasteiger partial charge in [0.25, 0.3) is 0 Å². The van der Waals surface area contributed by atoms with E-state index < -0.39 is 4.92 Å². The number of hydrogen-bond donors (Lipinski definition) is 2. The quantitative estimate of drug-likeness (QED) is 0.579. The van der Waals surface area contributed by atoms with Crippen LogP contribution >= 0.6 is 0 Å². The summed E-state index contributed by atoms with van der Waals surface area (Å²) in [6.45, 7) is 3.64. The lowest BCUT2D eigenvalue weighted by Crippen LogP contribution is -2.26. The van der Waals surface area contributed by atoms with Crippen LogP contribution in [0.5, 0.6) is 0 Å². The van der Waals surface area contributed by atoms with Crippen LogP contribution in [0.1, 0.15) is 12.8 Å². The van der Waals surface area contributed by atoms with E-state index >= 15 is 0 Å². The van der Waals surface area contributed by atoms with Gasteiger partial charge in [0, 0.05) is 13.1 Å². The average Bonchev–Trinajstić information content (AvgIpc) is 2.82. The SMILES string of the molecule is Nc1ncc([N+](=O)[O-])c(NCCN2CCCC2)n1. The maximum atomic E-state index is 10.8. The predicted molar refractivity (Wildman–Crippen MR) is 67.3 cm³/mol. The van der Waals surface area contributed by atoms with E-state index in [9.17, 15) is 10.1 Å². The molecule has 0 bridgehead atoms. The molecule has 0 radical (unpaired) electrons. The van der Waals surface area contributed by atoms with Gasteiger partial charge in [-0.15, -0.1) is 0 Å². The minimum absolute atomic E-state index is 0.0317. The minimum atomic E-state index is -0.516. The summed E-state index contributed by atoms with van der Waals surface area (Å²) >= 11 is 0. The van der Waals surface area contributed by atoms with Gasteiger partial charge < -0.3 is 16.0 Å². The van der Waals surface area contributed by atoms with Crippen molar-refractivity contribution in [3.63, 3.8) is 0 Å². The zero-order chi connectivity index (χ0) is 13.0. The molecule has 18 heavy (non-hydrogen) atoms. The molecule has 8 heteroatoms. The molecule has 0 unspecified atom stereocenters. The Morgan fingerprint density at radius 2 is 2.22 bits per heavy atom. The predicted octanol–water partition coefficient (Wildman–Crippen LogP) is 0.475. The molecule has 0 aliphatic carbocycles. The Labute approximate surface area is 104 Å². The van der Waals surface area contributed by atoms with Crippen LogP contribution in [-0.2, 0) is 0 Å². The van der Waals surface area contributed by atoms with Crippen molar-refractivity contribution < 1.29 is 4.92 Å². The van der Waals surface area contributed by atoms with Crippen LogP contribution in [0.4, 0.5) is 17.5 Å². The second-order valence-corrected chi connectivity index (χ2v) is 4.19. The van der Waals surface area contributed by atoms with Gasteiger partial charge in [-0.3, -0.25) is 10.1 Å². The first-order chi connectivity index (χ1) is 8.66. The fourth-order valence-corrected chi connectivity index (χ4v) is 1.99. The van der Waals surface area contributed by atoms with Gasteiger partial charge in [0.1, 0.15) is 6.20 Å². The van der Waals surface area contributed by atoms with Gasteiger partial charge in [-0.2, -0.15) is 4.98 Å². The van der Waals surface area contributed by atoms with E-state index in [2.05, 4.69) is 20.2 Å². The van der Waals surface area contributed by atoms with Crippen LogP contribution in [0, 0.1) is 10.1 Å². The number of likely N-dealkylation sites (tertiary alicyclic amines) is 1. The molecule has 1 aromatic rings. The highest BCUT2D eigenvalue weighted by molar-refractivity contribution is 5.56. The van der Waals surface area contributed by atoms with E-state index in [-0.39, 0.29) is 17.5 Å². The third-order valence-electron chi connectivity index (χ3n) is 2.90. The number of nitrogen functional groups attached to an aromatic ring is 1. The Hall–Kier alpha value is -1.96. The molecule has 0 saturated carbocycles. The molecule has 1 fully saturated rings. The van der Waals surface area contributed by atoms with Gasteiger partial charge in [-0.25, -0.2) is 4.98 Å². The summed E-state index contributed by atoms with van der Waals surface area (Å²) in [5, 5.41) is 13.7. The van der Waals surface area contributed by atoms with E-state index in [1.807, 2.05) is 0 Å². The maximum Gasteiger partial charge on any atom is 0.329 e. The molecule has 1 aromatic heterocycles. The Morgan fingerprint density at radius 3 is 2.89 bits per heavy atom. The Kier molecular flexibility index (Phi) is 3.88. The number of aromatic nitrogens is 2. The van der Waals surface area contributed by atoms with Crippen molar-refractivity contribution in [1.29, 1.82) is 0 Å². The highest BCUT2D eigenvalue weighted by Gasteiger charge is 2.17. The number of nitrogens with zero attached hydrogens (tertiary/aromatic N) is 4. The monoisotopic (exact) mass is 252 g/mol. The molecule has 2 rings (SSSR count). The molecule has 1 saturated heterocycles. The first-order valence-corrected chi connectivity index (χ1v) is 5.90. The van der Waals surface area contributed by atoms with Gasteiger partial charge in [0.05, 0.1) is 4.92 Å². The van der Waals surface area contributed by atoms with Crippen LogP contribution in [0.15, 0.2) is 6.20 Å². The lowest BCUT2D eigenvalue weighted by atomic mass is 10.4. The molecule has 0 amide bonds. The highest BCUT2D eigenvalue weighted by Crippen LogP contribution is 2.20. The molecular weight excluding hydrogens is 236 g/mol. The standard InChI is InChI=1S/C10H16N6O2/c11-10-13-7-8(16(17)18)9(14-10)12-3-6-15-4-1-2-5-15/h7H,1-6H2,(H3,11,12,13,14). The van der Waals surface area contributed by atoms with E-state index in [4.69, 9.17) is 5.73 Å². The second kappa shape index (κ2) is 5.58. The lowest BCUT2D eigenvalue weighted by Gasteiger charge is -2.14. The Bertz CT molecular complexity index is 432. The van der Waals surface area contributed by atoms with Crippen LogP contribution in [0.3, 0.4) is 0 Å². The van der Waals surface area contributed by atoms with Crippen molar-refractivity contribution in [3.05, 3.63) is 16.3 Å². The van der Waals surface area contributed by atoms with E-state index in [1.165, 1.54) is 12.8 Å². The third kappa shape index (κ3) is 3.04. The van der Waals surface area contributed by atoms with E-state index in [1.54, 1.807) is 0 Å². The minimum Gasteiger partial charge on any atom is -0.368 e. The number of nitro groups is 1. The molecule has 1 aliphatic heterocycles. The summed E-state index contributed by atoms with van der Waals surface area (Å²) in [6, 6.07) is 0. The fraction of sp³-hybridized carbons (Fsp3) is 0.600. The number of anilines is 2. The Balaban J connectivity index is 1.94. The van der Waals surface area contributed by atoms with E-state index in [0.29, 0.717) is 6.54 Å². The second-order valence-electron chi connectivity index (χ2n) is 4.19. The van der Waals surface area contributed by atoms with Crippen LogP contribution in [0.2, 0.25) is 0 Å². The van der Waals surface area contributed by atoms with Crippen molar-refractivity contribution >= 4 is 17.5 Å². The molecular formula is C10H16N6O2. The molecule has 0 atom stereocenters. The van der Waals surface area contributed by atoms with Crippen LogP contribution in [-0.4, -0.2) is 46.0 Å². The summed E-state index contributed by atoms with van der Waals surface area (Å²) in [5.74, 6) is 0.218. The van der Waals surface area contributed by atoms with Crippen molar-refractivity contribution in [2.75, 3.05) is 37.2 Å². The summed E-state index contributed by atoms with van der Waals surface area (Å²) < 4.78 is 0. The first kappa shape index (κ1) is 12.5. The number of nitrogens with one attached hydrogen (secondary N) is 1. The summed E-state index contributed by atoms with van der Waals surface area (Å²) in [7, 11) is 0. The molecule has 8 nitrogen and oxygen atoms in total. The fourth-order valence-electron chi connectivity index (χ4n) is 1.99. The summed E-state index contributed by atoms with van der Waals surface area (Å²) in [5.41, 5.74) is 5.28. The topological polar surface area (TPSA) is 110 Å². The molecule has 2 heterocycles. The smallest absolute Gasteiger partial charge is 0.329 e. The first-order valence-electron chi connectivity index (χ1n) is 5.90. The summed E-state index contributed by atoms with van der Waals surface area (Å²) in [4.78, 5) is 20.1. The highest BCUT2D eigenvalue weighted by atomic mass is 16.6. The Morgan fingerprint density at radius 1 is 1.50 bits per heavy atom. The van der Waals surface area contributed by atoms with Gasteiger partial charge in [-0.05, 0) is 25.9 Å². The largest absolute Gasteiger partial charge is 0.368 e. The van der Waals surface area contributed by atoms with Gasteiger partial charge in [0.15, 0.2) is 0 Å². The van der Waals surface area contributed by atoms with Gasteiger partial charge in [0.2, 0.25) is 11.8 Å². The average molecular weight is 252 g/mol. The van der Waals surface area contributed by atoms with Crippen molar-refractivity contribution in [3.8, 4) is 0 Å². The number of nitrogens with two attached hydrogens (primary N) is 1. The third-order valence-corrected chi connectivity index (χ3v) is 2.90.